The van der Waals surface area contributed by atoms with E-state index in [4.69, 9.17) is 18.9 Å². The van der Waals surface area contributed by atoms with Gasteiger partial charge < -0.3 is 24.3 Å². The Kier molecular flexibility index (Phi) is 16.0. The molecule has 0 aliphatic heterocycles. The van der Waals surface area contributed by atoms with Gasteiger partial charge in [0.15, 0.2) is 11.5 Å². The second kappa shape index (κ2) is 17.2. The van der Waals surface area contributed by atoms with Gasteiger partial charge in [-0.15, -0.1) is 0 Å². The van der Waals surface area contributed by atoms with Crippen molar-refractivity contribution in [1.29, 1.82) is 0 Å². The molecule has 6 nitrogen and oxygen atoms in total. The zero-order chi connectivity index (χ0) is 21.2. The van der Waals surface area contributed by atoms with Gasteiger partial charge in [-0.25, -0.2) is 4.79 Å². The first-order valence-electron chi connectivity index (χ1n) is 10.3. The second-order valence-electron chi connectivity index (χ2n) is 6.27. The van der Waals surface area contributed by atoms with Crippen LogP contribution in [0, 0.1) is 0 Å². The summed E-state index contributed by atoms with van der Waals surface area (Å²) in [6.45, 7) is 9.01. The number of unbranched alkanes of at least 4 members (excludes halogenated alkanes) is 5. The molecule has 0 aliphatic rings. The second-order valence-corrected chi connectivity index (χ2v) is 6.27. The number of rotatable bonds is 13. The smallest absolute Gasteiger partial charge is 0.338 e. The van der Waals surface area contributed by atoms with Gasteiger partial charge in [-0.1, -0.05) is 52.9 Å². The van der Waals surface area contributed by atoms with Crippen LogP contribution in [-0.2, 0) is 4.74 Å². The molecule has 0 aliphatic carbocycles. The highest BCUT2D eigenvalue weighted by molar-refractivity contribution is 5.91. The van der Waals surface area contributed by atoms with E-state index in [1.165, 1.54) is 47.0 Å². The van der Waals surface area contributed by atoms with Crippen LogP contribution >= 0.6 is 0 Å². The lowest BCUT2D eigenvalue weighted by atomic mass is 10.1. The predicted molar refractivity (Wildman–Crippen MR) is 114 cm³/mol. The summed E-state index contributed by atoms with van der Waals surface area (Å²) in [4.78, 5) is 12.1. The molecule has 1 aromatic rings. The first-order chi connectivity index (χ1) is 13.6. The Morgan fingerprint density at radius 2 is 1.36 bits per heavy atom. The van der Waals surface area contributed by atoms with Crippen molar-refractivity contribution >= 4 is 5.97 Å². The first-order valence-corrected chi connectivity index (χ1v) is 10.3. The Bertz CT molecular complexity index is 507. The Morgan fingerprint density at radius 3 is 1.79 bits per heavy atom. The molecule has 0 saturated carbocycles. The van der Waals surface area contributed by atoms with Crippen molar-refractivity contribution in [1.82, 2.24) is 5.32 Å². The van der Waals surface area contributed by atoms with Crippen molar-refractivity contribution in [2.75, 3.05) is 41.0 Å². The molecule has 0 spiro atoms. The monoisotopic (exact) mass is 397 g/mol. The molecule has 0 unspecified atom stereocenters. The highest BCUT2D eigenvalue weighted by Gasteiger charge is 2.17. The third-order valence-corrected chi connectivity index (χ3v) is 4.13. The number of carbonyl (C=O) groups excluding carboxylic acids is 1. The third-order valence-electron chi connectivity index (χ3n) is 4.13. The van der Waals surface area contributed by atoms with Crippen LogP contribution in [-0.4, -0.2) is 47.0 Å². The van der Waals surface area contributed by atoms with Crippen LogP contribution < -0.4 is 19.5 Å². The lowest BCUT2D eigenvalue weighted by Gasteiger charge is -2.13. The van der Waals surface area contributed by atoms with Gasteiger partial charge in [-0.05, 0) is 31.6 Å². The zero-order valence-electron chi connectivity index (χ0n) is 18.6. The molecule has 1 N–H and O–H groups in total. The maximum absolute atomic E-state index is 12.1. The number of esters is 1. The van der Waals surface area contributed by atoms with Crippen LogP contribution in [0.5, 0.6) is 17.2 Å². The van der Waals surface area contributed by atoms with Crippen molar-refractivity contribution in [2.45, 2.75) is 59.3 Å². The maximum atomic E-state index is 12.1. The fourth-order valence-corrected chi connectivity index (χ4v) is 2.58. The molecule has 6 heteroatoms. The van der Waals surface area contributed by atoms with Crippen LogP contribution in [0.2, 0.25) is 0 Å². The minimum atomic E-state index is -0.377. The van der Waals surface area contributed by atoms with E-state index in [9.17, 15) is 4.79 Å². The molecule has 0 saturated heterocycles. The van der Waals surface area contributed by atoms with E-state index in [-0.39, 0.29) is 5.97 Å². The SMILES string of the molecule is CCCCCCCCOC(=O)c1cc(OC)c(OC)c(OC)c1.CCNCC. The maximum Gasteiger partial charge on any atom is 0.338 e. The van der Waals surface area contributed by atoms with E-state index >= 15 is 0 Å². The largest absolute Gasteiger partial charge is 0.493 e. The van der Waals surface area contributed by atoms with Gasteiger partial charge in [-0.2, -0.15) is 0 Å². The molecule has 162 valence electrons. The minimum Gasteiger partial charge on any atom is -0.493 e. The topological polar surface area (TPSA) is 66.0 Å². The number of nitrogens with one attached hydrogen (secondary N) is 1. The van der Waals surface area contributed by atoms with Crippen LogP contribution in [0.1, 0.15) is 69.7 Å². The Balaban J connectivity index is 0.00000129. The van der Waals surface area contributed by atoms with Crippen LogP contribution in [0.25, 0.3) is 0 Å². The summed E-state index contributed by atoms with van der Waals surface area (Å²) in [7, 11) is 4.56. The molecule has 0 amide bonds. The van der Waals surface area contributed by atoms with E-state index < -0.39 is 0 Å². The highest BCUT2D eigenvalue weighted by Crippen LogP contribution is 2.38. The van der Waals surface area contributed by atoms with E-state index in [2.05, 4.69) is 26.1 Å². The number of hydrogen-bond acceptors (Lipinski definition) is 6. The fourth-order valence-electron chi connectivity index (χ4n) is 2.58. The Morgan fingerprint density at radius 1 is 0.821 bits per heavy atom. The van der Waals surface area contributed by atoms with Crippen molar-refractivity contribution in [3.63, 3.8) is 0 Å². The number of methoxy groups -OCH3 is 3. The van der Waals surface area contributed by atoms with Crippen LogP contribution in [0.3, 0.4) is 0 Å². The van der Waals surface area contributed by atoms with Crippen molar-refractivity contribution < 1.29 is 23.7 Å². The molecular weight excluding hydrogens is 358 g/mol. The van der Waals surface area contributed by atoms with Crippen LogP contribution in [0.15, 0.2) is 12.1 Å². The summed E-state index contributed by atoms with van der Waals surface area (Å²) in [5, 5.41) is 3.11. The number of benzene rings is 1. The summed E-state index contributed by atoms with van der Waals surface area (Å²) < 4.78 is 21.0. The van der Waals surface area contributed by atoms with Gasteiger partial charge in [-0.3, -0.25) is 0 Å². The van der Waals surface area contributed by atoms with Crippen molar-refractivity contribution in [2.24, 2.45) is 0 Å². The summed E-state index contributed by atoms with van der Waals surface area (Å²) in [6.07, 6.45) is 6.91. The average molecular weight is 398 g/mol. The zero-order valence-corrected chi connectivity index (χ0v) is 18.6. The molecule has 0 bridgehead atoms. The Hall–Kier alpha value is -1.95. The van der Waals surface area contributed by atoms with Crippen molar-refractivity contribution in [3.8, 4) is 17.2 Å². The normalized spacial score (nSPS) is 9.93. The summed E-state index contributed by atoms with van der Waals surface area (Å²) in [6, 6.07) is 3.20. The molecule has 1 rings (SSSR count). The minimum absolute atomic E-state index is 0.377. The van der Waals surface area contributed by atoms with E-state index in [1.54, 1.807) is 12.1 Å². The number of carbonyl (C=O) groups is 1. The van der Waals surface area contributed by atoms with E-state index in [0.717, 1.165) is 25.9 Å². The van der Waals surface area contributed by atoms with Crippen LogP contribution in [0.4, 0.5) is 0 Å². The average Bonchev–Trinajstić information content (AvgIpc) is 2.72. The molecule has 0 atom stereocenters. The Labute approximate surface area is 170 Å². The first kappa shape index (κ1) is 26.1. The fraction of sp³-hybridized carbons (Fsp3) is 0.682. The number of ether oxygens (including phenoxy) is 4. The molecule has 0 radical (unpaired) electrons. The van der Waals surface area contributed by atoms with Crippen molar-refractivity contribution in [3.05, 3.63) is 17.7 Å². The quantitative estimate of drug-likeness (QED) is 0.379. The van der Waals surface area contributed by atoms with Gasteiger partial charge in [0, 0.05) is 0 Å². The lowest BCUT2D eigenvalue weighted by Crippen LogP contribution is -2.09. The molecule has 28 heavy (non-hydrogen) atoms. The molecule has 0 heterocycles. The lowest BCUT2D eigenvalue weighted by molar-refractivity contribution is 0.0496. The van der Waals surface area contributed by atoms with E-state index in [1.807, 2.05) is 0 Å². The van der Waals surface area contributed by atoms with Gasteiger partial charge >= 0.3 is 5.97 Å². The molecular formula is C22H39NO5. The summed E-state index contributed by atoms with van der Waals surface area (Å²) in [5.41, 5.74) is 0.394. The van der Waals surface area contributed by atoms with Gasteiger partial charge in [0.2, 0.25) is 5.75 Å². The molecule has 0 fully saturated rings. The third kappa shape index (κ3) is 10.4. The predicted octanol–water partition coefficient (Wildman–Crippen LogP) is 4.85. The molecule has 1 aromatic carbocycles. The molecule has 0 aromatic heterocycles. The summed E-state index contributed by atoms with van der Waals surface area (Å²) in [5.74, 6) is 0.969. The highest BCUT2D eigenvalue weighted by atomic mass is 16.5. The standard InChI is InChI=1S/C18H28O5.C4H11N/c1-5-6-7-8-9-10-11-23-18(19)14-12-15(20-2)17(22-4)16(13-14)21-3;1-3-5-4-2/h12-13H,5-11H2,1-4H3;5H,3-4H2,1-2H3. The van der Waals surface area contributed by atoms with Gasteiger partial charge in [0.05, 0.1) is 33.5 Å². The number of hydrogen-bond donors (Lipinski definition) is 1. The van der Waals surface area contributed by atoms with Gasteiger partial charge in [0.25, 0.3) is 0 Å². The van der Waals surface area contributed by atoms with Gasteiger partial charge in [0.1, 0.15) is 0 Å². The summed E-state index contributed by atoms with van der Waals surface area (Å²) >= 11 is 0. The van der Waals surface area contributed by atoms with E-state index in [0.29, 0.717) is 29.4 Å².